The molecule has 0 spiro atoms. The number of amides is 2. The van der Waals surface area contributed by atoms with Gasteiger partial charge in [-0.05, 0) is 37.1 Å². The summed E-state index contributed by atoms with van der Waals surface area (Å²) in [5.74, 6) is -2.44. The molecule has 4 nitrogen and oxygen atoms in total. The molecule has 2 amide bonds. The van der Waals surface area contributed by atoms with Gasteiger partial charge in [0.05, 0.1) is 0 Å². The molecule has 0 fully saturated rings. The molecule has 1 aliphatic rings. The van der Waals surface area contributed by atoms with Gasteiger partial charge in [0.2, 0.25) is 11.8 Å². The Labute approximate surface area is 151 Å². The van der Waals surface area contributed by atoms with Crippen molar-refractivity contribution < 1.29 is 18.4 Å². The molecule has 26 heavy (non-hydrogen) atoms. The van der Waals surface area contributed by atoms with Crippen LogP contribution in [0.1, 0.15) is 25.8 Å². The average molecular weight is 358 g/mol. The first-order chi connectivity index (χ1) is 12.4. The van der Waals surface area contributed by atoms with Crippen LogP contribution in [0.5, 0.6) is 0 Å². The van der Waals surface area contributed by atoms with Crippen LogP contribution in [-0.2, 0) is 16.0 Å². The summed E-state index contributed by atoms with van der Waals surface area (Å²) in [6, 6.07) is 11.1. The Morgan fingerprint density at radius 2 is 1.88 bits per heavy atom. The topological polar surface area (TPSA) is 40.6 Å². The number of carbonyl (C=O) groups is 2. The van der Waals surface area contributed by atoms with Crippen LogP contribution in [0.15, 0.2) is 42.5 Å². The maximum absolute atomic E-state index is 13.5. The first kappa shape index (κ1) is 18.0. The molecular weight excluding hydrogens is 338 g/mol. The van der Waals surface area contributed by atoms with Crippen LogP contribution < -0.4 is 9.80 Å². The lowest BCUT2D eigenvalue weighted by molar-refractivity contribution is -0.119. The predicted molar refractivity (Wildman–Crippen MR) is 96.1 cm³/mol. The van der Waals surface area contributed by atoms with E-state index in [1.165, 1.54) is 17.9 Å². The number of hydrogen-bond donors (Lipinski definition) is 0. The third kappa shape index (κ3) is 3.45. The number of rotatable bonds is 4. The predicted octanol–water partition coefficient (Wildman–Crippen LogP) is 3.69. The van der Waals surface area contributed by atoms with Gasteiger partial charge in [-0.3, -0.25) is 9.59 Å². The zero-order valence-corrected chi connectivity index (χ0v) is 14.7. The molecule has 0 saturated carbocycles. The summed E-state index contributed by atoms with van der Waals surface area (Å²) in [6.45, 7) is 3.42. The zero-order valence-electron chi connectivity index (χ0n) is 14.7. The van der Waals surface area contributed by atoms with E-state index in [0.29, 0.717) is 0 Å². The summed E-state index contributed by atoms with van der Waals surface area (Å²) < 4.78 is 26.6. The Balaban J connectivity index is 1.74. The monoisotopic (exact) mass is 358 g/mol. The molecule has 0 radical (unpaired) electrons. The van der Waals surface area contributed by atoms with Gasteiger partial charge in [-0.15, -0.1) is 0 Å². The summed E-state index contributed by atoms with van der Waals surface area (Å²) in [5, 5.41) is 0. The van der Waals surface area contributed by atoms with Crippen molar-refractivity contribution in [3.8, 4) is 0 Å². The number of carbonyl (C=O) groups excluding carboxylic acids is 2. The molecule has 0 N–H and O–H groups in total. The smallest absolute Gasteiger partial charge is 0.229 e. The Kier molecular flexibility index (Phi) is 5.02. The lowest BCUT2D eigenvalue weighted by Gasteiger charge is -2.26. The van der Waals surface area contributed by atoms with Crippen molar-refractivity contribution in [1.82, 2.24) is 0 Å². The van der Waals surface area contributed by atoms with Gasteiger partial charge < -0.3 is 9.80 Å². The number of fused-ring (bicyclic) bond motifs is 1. The number of para-hydroxylation sites is 1. The molecule has 0 aromatic heterocycles. The fraction of sp³-hybridized carbons (Fsp3) is 0.300. The minimum Gasteiger partial charge on any atom is -0.312 e. The SMILES string of the molecule is CC(=O)N(CCC(=O)N1c2ccccc2CC1C)c1ccc(F)c(F)c1. The summed E-state index contributed by atoms with van der Waals surface area (Å²) in [5.41, 5.74) is 2.25. The first-order valence-electron chi connectivity index (χ1n) is 8.51. The van der Waals surface area contributed by atoms with Crippen LogP contribution in [0.3, 0.4) is 0 Å². The van der Waals surface area contributed by atoms with Crippen molar-refractivity contribution in [2.75, 3.05) is 16.3 Å². The highest BCUT2D eigenvalue weighted by Gasteiger charge is 2.30. The van der Waals surface area contributed by atoms with Gasteiger partial charge in [0.25, 0.3) is 0 Å². The van der Waals surface area contributed by atoms with Crippen LogP contribution in [0.4, 0.5) is 20.2 Å². The van der Waals surface area contributed by atoms with Crippen LogP contribution in [0, 0.1) is 11.6 Å². The molecule has 2 aromatic carbocycles. The molecule has 3 rings (SSSR count). The molecule has 1 atom stereocenters. The maximum Gasteiger partial charge on any atom is 0.229 e. The zero-order chi connectivity index (χ0) is 18.8. The highest BCUT2D eigenvalue weighted by molar-refractivity contribution is 5.98. The van der Waals surface area contributed by atoms with Gasteiger partial charge in [0.15, 0.2) is 11.6 Å². The van der Waals surface area contributed by atoms with Crippen molar-refractivity contribution in [1.29, 1.82) is 0 Å². The fourth-order valence-electron chi connectivity index (χ4n) is 3.39. The second-order valence-corrected chi connectivity index (χ2v) is 6.46. The summed E-state index contributed by atoms with van der Waals surface area (Å²) in [4.78, 5) is 27.7. The van der Waals surface area contributed by atoms with Crippen LogP contribution in [0.2, 0.25) is 0 Å². The van der Waals surface area contributed by atoms with Crippen molar-refractivity contribution in [3.05, 3.63) is 59.7 Å². The summed E-state index contributed by atoms with van der Waals surface area (Å²) in [6.07, 6.45) is 0.888. The quantitative estimate of drug-likeness (QED) is 0.836. The molecule has 1 aliphatic heterocycles. The van der Waals surface area contributed by atoms with Crippen molar-refractivity contribution in [3.63, 3.8) is 0 Å². The molecular formula is C20H20F2N2O2. The van der Waals surface area contributed by atoms with E-state index in [1.807, 2.05) is 31.2 Å². The first-order valence-corrected chi connectivity index (χ1v) is 8.51. The van der Waals surface area contributed by atoms with E-state index in [0.717, 1.165) is 29.8 Å². The van der Waals surface area contributed by atoms with E-state index in [4.69, 9.17) is 0 Å². The van der Waals surface area contributed by atoms with E-state index in [1.54, 1.807) is 4.90 Å². The van der Waals surface area contributed by atoms with E-state index in [9.17, 15) is 18.4 Å². The normalized spacial score (nSPS) is 15.7. The van der Waals surface area contributed by atoms with Crippen molar-refractivity contribution in [2.45, 2.75) is 32.7 Å². The maximum atomic E-state index is 13.5. The van der Waals surface area contributed by atoms with Gasteiger partial charge in [0, 0.05) is 43.4 Å². The third-order valence-corrected chi connectivity index (χ3v) is 4.62. The lowest BCUT2D eigenvalue weighted by atomic mass is 10.1. The van der Waals surface area contributed by atoms with Crippen molar-refractivity contribution in [2.24, 2.45) is 0 Å². The molecule has 6 heteroatoms. The van der Waals surface area contributed by atoms with E-state index >= 15 is 0 Å². The second kappa shape index (κ2) is 7.23. The van der Waals surface area contributed by atoms with E-state index < -0.39 is 11.6 Å². The van der Waals surface area contributed by atoms with Crippen LogP contribution in [-0.4, -0.2) is 24.4 Å². The van der Waals surface area contributed by atoms with Crippen LogP contribution >= 0.6 is 0 Å². The number of halogens is 2. The lowest BCUT2D eigenvalue weighted by Crippen LogP contribution is -2.39. The molecule has 0 bridgehead atoms. The minimum absolute atomic E-state index is 0.0499. The van der Waals surface area contributed by atoms with Gasteiger partial charge in [-0.2, -0.15) is 0 Å². The Hall–Kier alpha value is -2.76. The Morgan fingerprint density at radius 3 is 2.58 bits per heavy atom. The number of nitrogens with zero attached hydrogens (tertiary/aromatic N) is 2. The van der Waals surface area contributed by atoms with Gasteiger partial charge >= 0.3 is 0 Å². The van der Waals surface area contributed by atoms with Crippen molar-refractivity contribution >= 4 is 23.2 Å². The van der Waals surface area contributed by atoms with E-state index in [2.05, 4.69) is 0 Å². The highest BCUT2D eigenvalue weighted by Crippen LogP contribution is 2.32. The molecule has 136 valence electrons. The molecule has 0 aliphatic carbocycles. The summed E-state index contributed by atoms with van der Waals surface area (Å²) in [7, 11) is 0. The fourth-order valence-corrected chi connectivity index (χ4v) is 3.39. The van der Waals surface area contributed by atoms with Crippen LogP contribution in [0.25, 0.3) is 0 Å². The Bertz CT molecular complexity index is 853. The molecule has 0 saturated heterocycles. The van der Waals surface area contributed by atoms with Gasteiger partial charge in [-0.1, -0.05) is 18.2 Å². The molecule has 1 unspecified atom stereocenters. The third-order valence-electron chi connectivity index (χ3n) is 4.62. The largest absolute Gasteiger partial charge is 0.312 e. The van der Waals surface area contributed by atoms with Gasteiger partial charge in [-0.25, -0.2) is 8.78 Å². The number of anilines is 2. The molecule has 2 aromatic rings. The highest BCUT2D eigenvalue weighted by atomic mass is 19.2. The van der Waals surface area contributed by atoms with E-state index in [-0.39, 0.29) is 36.5 Å². The second-order valence-electron chi connectivity index (χ2n) is 6.46. The minimum atomic E-state index is -1.03. The summed E-state index contributed by atoms with van der Waals surface area (Å²) >= 11 is 0. The molecule has 1 heterocycles. The standard InChI is InChI=1S/C20H20F2N2O2/c1-13-11-15-5-3-4-6-19(15)24(13)20(26)9-10-23(14(2)25)16-7-8-17(21)18(22)12-16/h3-8,12-13H,9-11H2,1-2H3. The van der Waals surface area contributed by atoms with Gasteiger partial charge in [0.1, 0.15) is 0 Å². The number of benzene rings is 2. The Morgan fingerprint density at radius 1 is 1.15 bits per heavy atom. The number of hydrogen-bond acceptors (Lipinski definition) is 2. The average Bonchev–Trinajstić information content (AvgIpc) is 2.93.